The molecule has 1 heterocycles. The van der Waals surface area contributed by atoms with Crippen molar-refractivity contribution in [1.82, 2.24) is 20.1 Å². The SMILES string of the molecule is CCn1c(C)nnc1CNC(c1ccccc1Cl)C(C)C. The number of benzene rings is 1. The molecule has 1 aromatic carbocycles. The highest BCUT2D eigenvalue weighted by molar-refractivity contribution is 6.31. The smallest absolute Gasteiger partial charge is 0.147 e. The summed E-state index contributed by atoms with van der Waals surface area (Å²) in [4.78, 5) is 0. The Labute approximate surface area is 131 Å². The van der Waals surface area contributed by atoms with Crippen molar-refractivity contribution >= 4 is 11.6 Å². The Morgan fingerprint density at radius 3 is 2.57 bits per heavy atom. The minimum Gasteiger partial charge on any atom is -0.314 e. The molecule has 0 aliphatic carbocycles. The predicted molar refractivity (Wildman–Crippen MR) is 86.3 cm³/mol. The fraction of sp³-hybridized carbons (Fsp3) is 0.500. The molecular weight excluding hydrogens is 284 g/mol. The van der Waals surface area contributed by atoms with E-state index in [1.165, 1.54) is 0 Å². The van der Waals surface area contributed by atoms with Crippen molar-refractivity contribution in [2.45, 2.75) is 46.8 Å². The van der Waals surface area contributed by atoms with Crippen LogP contribution >= 0.6 is 11.6 Å². The maximum atomic E-state index is 6.33. The molecule has 0 aliphatic rings. The first-order chi connectivity index (χ1) is 10.0. The lowest BCUT2D eigenvalue weighted by Crippen LogP contribution is -2.27. The van der Waals surface area contributed by atoms with Crippen molar-refractivity contribution in [3.63, 3.8) is 0 Å². The van der Waals surface area contributed by atoms with Crippen LogP contribution in [0.2, 0.25) is 5.02 Å². The molecule has 114 valence electrons. The topological polar surface area (TPSA) is 42.7 Å². The third-order valence-corrected chi connectivity index (χ3v) is 4.06. The summed E-state index contributed by atoms with van der Waals surface area (Å²) in [5.41, 5.74) is 1.13. The molecule has 0 saturated heterocycles. The number of rotatable bonds is 6. The summed E-state index contributed by atoms with van der Waals surface area (Å²) < 4.78 is 2.12. The molecule has 0 radical (unpaired) electrons. The normalized spacial score (nSPS) is 12.9. The third-order valence-electron chi connectivity index (χ3n) is 3.72. The molecule has 1 N–H and O–H groups in total. The Bertz CT molecular complexity index is 592. The van der Waals surface area contributed by atoms with Crippen LogP contribution in [0.1, 0.15) is 44.0 Å². The van der Waals surface area contributed by atoms with Crippen LogP contribution < -0.4 is 5.32 Å². The minimum absolute atomic E-state index is 0.195. The van der Waals surface area contributed by atoms with Crippen molar-refractivity contribution < 1.29 is 0 Å². The number of halogens is 1. The van der Waals surface area contributed by atoms with Crippen molar-refractivity contribution in [1.29, 1.82) is 0 Å². The van der Waals surface area contributed by atoms with Crippen LogP contribution in [0, 0.1) is 12.8 Å². The molecule has 1 unspecified atom stereocenters. The second-order valence-corrected chi connectivity index (χ2v) is 5.94. The van der Waals surface area contributed by atoms with E-state index in [0.717, 1.165) is 28.8 Å². The fourth-order valence-corrected chi connectivity index (χ4v) is 2.85. The first kappa shape index (κ1) is 16.0. The summed E-state index contributed by atoms with van der Waals surface area (Å²) in [5.74, 6) is 2.35. The molecule has 0 bridgehead atoms. The molecule has 21 heavy (non-hydrogen) atoms. The third kappa shape index (κ3) is 3.63. The minimum atomic E-state index is 0.195. The van der Waals surface area contributed by atoms with E-state index in [-0.39, 0.29) is 6.04 Å². The van der Waals surface area contributed by atoms with E-state index in [1.807, 2.05) is 25.1 Å². The van der Waals surface area contributed by atoms with Gasteiger partial charge in [-0.1, -0.05) is 43.6 Å². The Morgan fingerprint density at radius 1 is 1.24 bits per heavy atom. The number of hydrogen-bond donors (Lipinski definition) is 1. The largest absolute Gasteiger partial charge is 0.314 e. The molecule has 0 spiro atoms. The summed E-state index contributed by atoms with van der Waals surface area (Å²) in [7, 11) is 0. The first-order valence-electron chi connectivity index (χ1n) is 7.41. The summed E-state index contributed by atoms with van der Waals surface area (Å²) in [6, 6.07) is 8.20. The summed E-state index contributed by atoms with van der Waals surface area (Å²) in [6.45, 7) is 10.0. The molecule has 5 heteroatoms. The highest BCUT2D eigenvalue weighted by Crippen LogP contribution is 2.28. The van der Waals surface area contributed by atoms with Crippen molar-refractivity contribution in [2.75, 3.05) is 0 Å². The van der Waals surface area contributed by atoms with E-state index in [0.29, 0.717) is 12.5 Å². The van der Waals surface area contributed by atoms with Gasteiger partial charge in [-0.3, -0.25) is 0 Å². The number of aromatic nitrogens is 3. The van der Waals surface area contributed by atoms with Crippen LogP contribution in [0.4, 0.5) is 0 Å². The maximum absolute atomic E-state index is 6.33. The molecule has 4 nitrogen and oxygen atoms in total. The van der Waals surface area contributed by atoms with Crippen LogP contribution in [-0.4, -0.2) is 14.8 Å². The predicted octanol–water partition coefficient (Wildman–Crippen LogP) is 3.75. The molecule has 0 fully saturated rings. The van der Waals surface area contributed by atoms with Gasteiger partial charge < -0.3 is 9.88 Å². The lowest BCUT2D eigenvalue weighted by atomic mass is 9.96. The zero-order chi connectivity index (χ0) is 15.4. The van der Waals surface area contributed by atoms with Gasteiger partial charge >= 0.3 is 0 Å². The van der Waals surface area contributed by atoms with E-state index < -0.39 is 0 Å². The fourth-order valence-electron chi connectivity index (χ4n) is 2.60. The van der Waals surface area contributed by atoms with Gasteiger partial charge in [0.25, 0.3) is 0 Å². The molecule has 0 amide bonds. The second-order valence-electron chi connectivity index (χ2n) is 5.53. The van der Waals surface area contributed by atoms with E-state index in [4.69, 9.17) is 11.6 Å². The first-order valence-corrected chi connectivity index (χ1v) is 7.78. The van der Waals surface area contributed by atoms with Gasteiger partial charge in [0.1, 0.15) is 11.6 Å². The van der Waals surface area contributed by atoms with Gasteiger partial charge in [0, 0.05) is 17.6 Å². The average molecular weight is 307 g/mol. The molecule has 1 atom stereocenters. The van der Waals surface area contributed by atoms with Crippen molar-refractivity contribution in [3.8, 4) is 0 Å². The summed E-state index contributed by atoms with van der Waals surface area (Å²) in [6.07, 6.45) is 0. The number of aryl methyl sites for hydroxylation is 1. The molecule has 0 aliphatic heterocycles. The van der Waals surface area contributed by atoms with Crippen LogP contribution in [0.5, 0.6) is 0 Å². The van der Waals surface area contributed by atoms with Gasteiger partial charge in [0.2, 0.25) is 0 Å². The Morgan fingerprint density at radius 2 is 1.95 bits per heavy atom. The van der Waals surface area contributed by atoms with E-state index >= 15 is 0 Å². The number of nitrogens with one attached hydrogen (secondary N) is 1. The molecule has 2 aromatic rings. The highest BCUT2D eigenvalue weighted by atomic mass is 35.5. The average Bonchev–Trinajstić information content (AvgIpc) is 2.81. The van der Waals surface area contributed by atoms with Gasteiger partial charge in [0.05, 0.1) is 6.54 Å². The van der Waals surface area contributed by atoms with Gasteiger partial charge in [-0.15, -0.1) is 10.2 Å². The summed E-state index contributed by atoms with van der Waals surface area (Å²) >= 11 is 6.33. The van der Waals surface area contributed by atoms with Crippen molar-refractivity contribution in [2.24, 2.45) is 5.92 Å². The standard InChI is InChI=1S/C16H23ClN4/c1-5-21-12(4)19-20-15(21)10-18-16(11(2)3)13-8-6-7-9-14(13)17/h6-9,11,16,18H,5,10H2,1-4H3. The Kier molecular flexibility index (Phi) is 5.37. The van der Waals surface area contributed by atoms with E-state index in [2.05, 4.69) is 46.9 Å². The zero-order valence-electron chi connectivity index (χ0n) is 13.1. The molecule has 1 aromatic heterocycles. The number of nitrogens with zero attached hydrogens (tertiary/aromatic N) is 3. The lowest BCUT2D eigenvalue weighted by molar-refractivity contribution is 0.401. The van der Waals surface area contributed by atoms with Crippen LogP contribution in [-0.2, 0) is 13.1 Å². The van der Waals surface area contributed by atoms with Gasteiger partial charge in [-0.2, -0.15) is 0 Å². The van der Waals surface area contributed by atoms with Gasteiger partial charge in [0.15, 0.2) is 0 Å². The monoisotopic (exact) mass is 306 g/mol. The van der Waals surface area contributed by atoms with Gasteiger partial charge in [-0.05, 0) is 31.4 Å². The van der Waals surface area contributed by atoms with Crippen LogP contribution in [0.25, 0.3) is 0 Å². The lowest BCUT2D eigenvalue weighted by Gasteiger charge is -2.24. The Hall–Kier alpha value is -1.39. The molecular formula is C16H23ClN4. The highest BCUT2D eigenvalue weighted by Gasteiger charge is 2.19. The van der Waals surface area contributed by atoms with Crippen LogP contribution in [0.15, 0.2) is 24.3 Å². The number of hydrogen-bond acceptors (Lipinski definition) is 3. The Balaban J connectivity index is 2.16. The quantitative estimate of drug-likeness (QED) is 0.884. The van der Waals surface area contributed by atoms with E-state index in [1.54, 1.807) is 0 Å². The second kappa shape index (κ2) is 7.05. The van der Waals surface area contributed by atoms with Crippen LogP contribution in [0.3, 0.4) is 0 Å². The molecule has 2 rings (SSSR count). The summed E-state index contributed by atoms with van der Waals surface area (Å²) in [5, 5.41) is 12.8. The molecule has 0 saturated carbocycles. The van der Waals surface area contributed by atoms with Crippen molar-refractivity contribution in [3.05, 3.63) is 46.5 Å². The van der Waals surface area contributed by atoms with Gasteiger partial charge in [-0.25, -0.2) is 0 Å². The zero-order valence-corrected chi connectivity index (χ0v) is 13.9. The maximum Gasteiger partial charge on any atom is 0.147 e. The van der Waals surface area contributed by atoms with E-state index in [9.17, 15) is 0 Å².